The zero-order chi connectivity index (χ0) is 13.9. The van der Waals surface area contributed by atoms with E-state index >= 15 is 0 Å². The summed E-state index contributed by atoms with van der Waals surface area (Å²) in [4.78, 5) is 1.26. The highest BCUT2D eigenvalue weighted by molar-refractivity contribution is 7.99. The third-order valence-electron chi connectivity index (χ3n) is 4.39. The fourth-order valence-corrected chi connectivity index (χ4v) is 3.97. The zero-order valence-corrected chi connectivity index (χ0v) is 13.2. The molecule has 0 saturated heterocycles. The first-order chi connectivity index (χ1) is 8.89. The summed E-state index contributed by atoms with van der Waals surface area (Å²) in [7, 11) is 0. The van der Waals surface area contributed by atoms with Crippen LogP contribution in [0.4, 0.5) is 0 Å². The van der Waals surface area contributed by atoms with Gasteiger partial charge in [-0.2, -0.15) is 0 Å². The number of rotatable bonds is 3. The summed E-state index contributed by atoms with van der Waals surface area (Å²) in [5, 5.41) is 10.7. The maximum absolute atomic E-state index is 10.7. The molecule has 19 heavy (non-hydrogen) atoms. The molecule has 106 valence electrons. The lowest BCUT2D eigenvalue weighted by molar-refractivity contribution is -0.00575. The quantitative estimate of drug-likeness (QED) is 0.805. The minimum atomic E-state index is -0.456. The molecular formula is C17H26OS. The molecule has 0 bridgehead atoms. The standard InChI is InChI=1S/C17H26OS/c1-16(2,3)14-9-11-17(18,12-10-14)13-19-15-7-5-4-6-8-15/h4-8,14,18H,9-13H2,1-3H3. The third-order valence-corrected chi connectivity index (χ3v) is 5.68. The summed E-state index contributed by atoms with van der Waals surface area (Å²) >= 11 is 1.78. The van der Waals surface area contributed by atoms with Crippen LogP contribution in [0.25, 0.3) is 0 Å². The summed E-state index contributed by atoms with van der Waals surface area (Å²) < 4.78 is 0. The van der Waals surface area contributed by atoms with E-state index in [1.54, 1.807) is 11.8 Å². The van der Waals surface area contributed by atoms with E-state index in [4.69, 9.17) is 0 Å². The Morgan fingerprint density at radius 3 is 2.26 bits per heavy atom. The molecule has 0 aromatic heterocycles. The van der Waals surface area contributed by atoms with Crippen LogP contribution in [0.1, 0.15) is 46.5 Å². The van der Waals surface area contributed by atoms with E-state index in [2.05, 4.69) is 45.0 Å². The Balaban J connectivity index is 1.85. The van der Waals surface area contributed by atoms with Gasteiger partial charge in [0.2, 0.25) is 0 Å². The smallest absolute Gasteiger partial charge is 0.0741 e. The fourth-order valence-electron chi connectivity index (χ4n) is 2.90. The maximum Gasteiger partial charge on any atom is 0.0741 e. The van der Waals surface area contributed by atoms with Gasteiger partial charge < -0.3 is 5.11 Å². The molecule has 2 rings (SSSR count). The second-order valence-electron chi connectivity index (χ2n) is 6.97. The van der Waals surface area contributed by atoms with Crippen LogP contribution in [0.2, 0.25) is 0 Å². The Bertz CT molecular complexity index is 385. The Morgan fingerprint density at radius 2 is 1.74 bits per heavy atom. The molecule has 1 nitrogen and oxygen atoms in total. The van der Waals surface area contributed by atoms with Crippen molar-refractivity contribution >= 4 is 11.8 Å². The van der Waals surface area contributed by atoms with Crippen LogP contribution in [0, 0.1) is 11.3 Å². The highest BCUT2D eigenvalue weighted by Gasteiger charge is 2.37. The lowest BCUT2D eigenvalue weighted by atomic mass is 9.69. The van der Waals surface area contributed by atoms with E-state index in [0.717, 1.165) is 37.4 Å². The van der Waals surface area contributed by atoms with Gasteiger partial charge in [-0.05, 0) is 49.1 Å². The van der Waals surface area contributed by atoms with Crippen molar-refractivity contribution in [1.29, 1.82) is 0 Å². The first kappa shape index (κ1) is 14.9. The van der Waals surface area contributed by atoms with Crippen molar-refractivity contribution in [3.05, 3.63) is 30.3 Å². The number of hydrogen-bond donors (Lipinski definition) is 1. The van der Waals surface area contributed by atoms with Gasteiger partial charge >= 0.3 is 0 Å². The molecule has 0 unspecified atom stereocenters. The Kier molecular flexibility index (Phi) is 4.62. The highest BCUT2D eigenvalue weighted by Crippen LogP contribution is 2.42. The minimum Gasteiger partial charge on any atom is -0.389 e. The van der Waals surface area contributed by atoms with Gasteiger partial charge in [0.25, 0.3) is 0 Å². The van der Waals surface area contributed by atoms with Gasteiger partial charge in [0, 0.05) is 10.6 Å². The monoisotopic (exact) mass is 278 g/mol. The van der Waals surface area contributed by atoms with Crippen molar-refractivity contribution < 1.29 is 5.11 Å². The van der Waals surface area contributed by atoms with Crippen LogP contribution >= 0.6 is 11.8 Å². The van der Waals surface area contributed by atoms with E-state index in [9.17, 15) is 5.11 Å². The SMILES string of the molecule is CC(C)(C)C1CCC(O)(CSc2ccccc2)CC1. The predicted octanol–water partition coefficient (Wildman–Crippen LogP) is 4.75. The topological polar surface area (TPSA) is 20.2 Å². The molecule has 1 aliphatic rings. The average molecular weight is 278 g/mol. The first-order valence-electron chi connectivity index (χ1n) is 7.29. The molecule has 0 spiro atoms. The van der Waals surface area contributed by atoms with Crippen LogP contribution in [0.3, 0.4) is 0 Å². The summed E-state index contributed by atoms with van der Waals surface area (Å²) in [5.74, 6) is 1.59. The van der Waals surface area contributed by atoms with Crippen molar-refractivity contribution in [1.82, 2.24) is 0 Å². The van der Waals surface area contributed by atoms with Crippen LogP contribution < -0.4 is 0 Å². The molecule has 1 saturated carbocycles. The lowest BCUT2D eigenvalue weighted by Crippen LogP contribution is -2.39. The van der Waals surface area contributed by atoms with E-state index in [1.165, 1.54) is 4.90 Å². The molecular weight excluding hydrogens is 252 g/mol. The van der Waals surface area contributed by atoms with E-state index in [1.807, 2.05) is 6.07 Å². The predicted molar refractivity (Wildman–Crippen MR) is 83.5 cm³/mol. The molecule has 0 heterocycles. The van der Waals surface area contributed by atoms with Crippen molar-refractivity contribution in [3.63, 3.8) is 0 Å². The zero-order valence-electron chi connectivity index (χ0n) is 12.4. The van der Waals surface area contributed by atoms with Crippen molar-refractivity contribution in [2.45, 2.75) is 57.0 Å². The van der Waals surface area contributed by atoms with Crippen LogP contribution in [-0.2, 0) is 0 Å². The second kappa shape index (κ2) is 5.88. The molecule has 1 N–H and O–H groups in total. The molecule has 1 aromatic rings. The van der Waals surface area contributed by atoms with Gasteiger partial charge in [0.1, 0.15) is 0 Å². The van der Waals surface area contributed by atoms with Gasteiger partial charge in [-0.25, -0.2) is 0 Å². The fraction of sp³-hybridized carbons (Fsp3) is 0.647. The van der Waals surface area contributed by atoms with Gasteiger partial charge in [0.15, 0.2) is 0 Å². The number of aliphatic hydroxyl groups is 1. The van der Waals surface area contributed by atoms with Gasteiger partial charge in [-0.3, -0.25) is 0 Å². The molecule has 2 heteroatoms. The van der Waals surface area contributed by atoms with Gasteiger partial charge in [0.05, 0.1) is 5.60 Å². The van der Waals surface area contributed by atoms with E-state index < -0.39 is 5.60 Å². The van der Waals surface area contributed by atoms with Crippen molar-refractivity contribution in [2.24, 2.45) is 11.3 Å². The van der Waals surface area contributed by atoms with Gasteiger partial charge in [-0.1, -0.05) is 39.0 Å². The Hall–Kier alpha value is -0.470. The normalized spacial score (nSPS) is 28.3. The van der Waals surface area contributed by atoms with Gasteiger partial charge in [-0.15, -0.1) is 11.8 Å². The third kappa shape index (κ3) is 4.25. The number of hydrogen-bond acceptors (Lipinski definition) is 2. The summed E-state index contributed by atoms with van der Waals surface area (Å²) in [6.45, 7) is 6.96. The largest absolute Gasteiger partial charge is 0.389 e. The minimum absolute atomic E-state index is 0.383. The van der Waals surface area contributed by atoms with Crippen molar-refractivity contribution in [2.75, 3.05) is 5.75 Å². The summed E-state index contributed by atoms with van der Waals surface area (Å²) in [5.41, 5.74) is -0.0733. The maximum atomic E-state index is 10.7. The Labute approximate surface area is 121 Å². The average Bonchev–Trinajstić information content (AvgIpc) is 2.37. The first-order valence-corrected chi connectivity index (χ1v) is 8.28. The molecule has 1 aliphatic carbocycles. The van der Waals surface area contributed by atoms with E-state index in [-0.39, 0.29) is 0 Å². The highest BCUT2D eigenvalue weighted by atomic mass is 32.2. The molecule has 0 atom stereocenters. The molecule has 0 aliphatic heterocycles. The van der Waals surface area contributed by atoms with Crippen LogP contribution in [0.15, 0.2) is 35.2 Å². The summed E-state index contributed by atoms with van der Waals surface area (Å²) in [6.07, 6.45) is 4.23. The molecule has 0 radical (unpaired) electrons. The van der Waals surface area contributed by atoms with Crippen molar-refractivity contribution in [3.8, 4) is 0 Å². The second-order valence-corrected chi connectivity index (χ2v) is 8.02. The lowest BCUT2D eigenvalue weighted by Gasteiger charge is -2.41. The molecule has 1 fully saturated rings. The van der Waals surface area contributed by atoms with Crippen LogP contribution in [0.5, 0.6) is 0 Å². The number of benzene rings is 1. The van der Waals surface area contributed by atoms with E-state index in [0.29, 0.717) is 5.41 Å². The summed E-state index contributed by atoms with van der Waals surface area (Å²) in [6, 6.07) is 10.4. The molecule has 1 aromatic carbocycles. The molecule has 0 amide bonds. The van der Waals surface area contributed by atoms with Crippen LogP contribution in [-0.4, -0.2) is 16.5 Å². The number of thioether (sulfide) groups is 1. The Morgan fingerprint density at radius 1 is 1.16 bits per heavy atom.